The van der Waals surface area contributed by atoms with Gasteiger partial charge in [0.1, 0.15) is 5.75 Å². The molecule has 0 spiro atoms. The minimum Gasteiger partial charge on any atom is -0.496 e. The average Bonchev–Trinajstić information content (AvgIpc) is 3.59. The van der Waals surface area contributed by atoms with Gasteiger partial charge >= 0.3 is 12.1 Å². The van der Waals surface area contributed by atoms with Crippen LogP contribution in [-0.2, 0) is 27.0 Å². The number of hydrogen-bond donors (Lipinski definition) is 0. The van der Waals surface area contributed by atoms with Crippen LogP contribution in [0.15, 0.2) is 78.9 Å². The van der Waals surface area contributed by atoms with E-state index in [1.54, 1.807) is 17.0 Å². The van der Waals surface area contributed by atoms with E-state index in [0.717, 1.165) is 11.1 Å². The SMILES string of the molecule is COc1ccc(-n2nnnc2C(F)(F)F)cc1CN1CC(C(c2ccccc2)c2ccccc2)N2CCN(C(=O)COC(C)=O)C[C@H]2C1. The summed E-state index contributed by atoms with van der Waals surface area (Å²) in [5.41, 5.74) is 3.13. The number of amides is 1. The second-order valence-corrected chi connectivity index (χ2v) is 12.0. The molecule has 1 aromatic heterocycles. The lowest BCUT2D eigenvalue weighted by Crippen LogP contribution is -2.67. The van der Waals surface area contributed by atoms with Crippen LogP contribution in [0.3, 0.4) is 0 Å². The number of benzene rings is 3. The highest BCUT2D eigenvalue weighted by atomic mass is 19.4. The number of halogens is 3. The predicted molar refractivity (Wildman–Crippen MR) is 168 cm³/mol. The van der Waals surface area contributed by atoms with E-state index < -0.39 is 18.0 Å². The summed E-state index contributed by atoms with van der Waals surface area (Å²) >= 11 is 0. The van der Waals surface area contributed by atoms with E-state index in [1.807, 2.05) is 36.4 Å². The number of piperazine rings is 2. The summed E-state index contributed by atoms with van der Waals surface area (Å²) in [7, 11) is 1.52. The van der Waals surface area contributed by atoms with E-state index in [1.165, 1.54) is 20.1 Å². The van der Waals surface area contributed by atoms with Crippen molar-refractivity contribution < 1.29 is 32.2 Å². The van der Waals surface area contributed by atoms with Crippen molar-refractivity contribution in [2.24, 2.45) is 0 Å². The zero-order valence-electron chi connectivity index (χ0n) is 26.6. The zero-order chi connectivity index (χ0) is 33.8. The summed E-state index contributed by atoms with van der Waals surface area (Å²) < 4.78 is 52.3. The first-order chi connectivity index (χ1) is 23.1. The number of aromatic nitrogens is 4. The van der Waals surface area contributed by atoms with Gasteiger partial charge in [-0.15, -0.1) is 5.10 Å². The van der Waals surface area contributed by atoms with E-state index in [2.05, 4.69) is 49.6 Å². The van der Waals surface area contributed by atoms with Crippen molar-refractivity contribution in [1.82, 2.24) is 34.9 Å². The van der Waals surface area contributed by atoms with Gasteiger partial charge in [0.2, 0.25) is 0 Å². The van der Waals surface area contributed by atoms with Crippen molar-refractivity contribution in [2.45, 2.75) is 37.6 Å². The second-order valence-electron chi connectivity index (χ2n) is 12.0. The first-order valence-electron chi connectivity index (χ1n) is 15.6. The van der Waals surface area contributed by atoms with Crippen LogP contribution in [0.25, 0.3) is 5.69 Å². The Balaban J connectivity index is 1.35. The number of ether oxygens (including phenoxy) is 2. The number of esters is 1. The maximum absolute atomic E-state index is 13.7. The van der Waals surface area contributed by atoms with Crippen LogP contribution in [0.1, 0.15) is 35.4 Å². The average molecular weight is 664 g/mol. The predicted octanol–water partition coefficient (Wildman–Crippen LogP) is 3.78. The monoisotopic (exact) mass is 663 g/mol. The quantitative estimate of drug-likeness (QED) is 0.248. The molecular weight excluding hydrogens is 627 g/mol. The van der Waals surface area contributed by atoms with Crippen LogP contribution in [0.5, 0.6) is 5.75 Å². The molecule has 1 amide bonds. The molecular formula is C34H36F3N7O4. The highest BCUT2D eigenvalue weighted by Gasteiger charge is 2.43. The highest BCUT2D eigenvalue weighted by molar-refractivity contribution is 5.80. The van der Waals surface area contributed by atoms with Crippen LogP contribution in [0.2, 0.25) is 0 Å². The molecule has 2 aliphatic rings. The Morgan fingerprint density at radius 3 is 2.25 bits per heavy atom. The topological polar surface area (TPSA) is 106 Å². The summed E-state index contributed by atoms with van der Waals surface area (Å²) in [6, 6.07) is 25.2. The number of rotatable bonds is 9. The van der Waals surface area contributed by atoms with Gasteiger partial charge in [-0.25, -0.2) is 0 Å². The van der Waals surface area contributed by atoms with Gasteiger partial charge in [-0.3, -0.25) is 19.4 Å². The molecule has 0 bridgehead atoms. The van der Waals surface area contributed by atoms with Crippen molar-refractivity contribution in [3.63, 3.8) is 0 Å². The zero-order valence-corrected chi connectivity index (χ0v) is 26.6. The molecule has 0 N–H and O–H groups in total. The number of carbonyl (C=O) groups is 2. The summed E-state index contributed by atoms with van der Waals surface area (Å²) in [5, 5.41) is 10.1. The number of fused-ring (bicyclic) bond motifs is 1. The second kappa shape index (κ2) is 14.1. The Kier molecular flexibility index (Phi) is 9.73. The Hall–Kier alpha value is -4.82. The lowest BCUT2D eigenvalue weighted by atomic mass is 9.81. The smallest absolute Gasteiger partial charge is 0.453 e. The van der Waals surface area contributed by atoms with Crippen molar-refractivity contribution >= 4 is 11.9 Å². The first kappa shape index (κ1) is 33.1. The molecule has 11 nitrogen and oxygen atoms in total. The lowest BCUT2D eigenvalue weighted by Gasteiger charge is -2.53. The van der Waals surface area contributed by atoms with E-state index in [-0.39, 0.29) is 36.2 Å². The number of carbonyl (C=O) groups excluding carboxylic acids is 2. The fourth-order valence-electron chi connectivity index (χ4n) is 6.87. The van der Waals surface area contributed by atoms with E-state index in [0.29, 0.717) is 55.3 Å². The molecule has 4 aromatic rings. The molecule has 252 valence electrons. The van der Waals surface area contributed by atoms with Gasteiger partial charge in [0.25, 0.3) is 11.7 Å². The minimum absolute atomic E-state index is 0.00945. The van der Waals surface area contributed by atoms with Crippen LogP contribution in [-0.4, -0.2) is 105 Å². The maximum atomic E-state index is 13.7. The summed E-state index contributed by atoms with van der Waals surface area (Å²) in [5.74, 6) is -1.48. The summed E-state index contributed by atoms with van der Waals surface area (Å²) in [4.78, 5) is 30.9. The number of tetrazole rings is 1. The number of methoxy groups -OCH3 is 1. The fourth-order valence-corrected chi connectivity index (χ4v) is 6.87. The molecule has 2 fully saturated rings. The van der Waals surface area contributed by atoms with Gasteiger partial charge in [0, 0.05) is 69.8 Å². The van der Waals surface area contributed by atoms with Gasteiger partial charge in [0.05, 0.1) is 12.8 Å². The fraction of sp³-hybridized carbons (Fsp3) is 0.382. The Morgan fingerprint density at radius 1 is 0.938 bits per heavy atom. The normalized spacial score (nSPS) is 18.8. The maximum Gasteiger partial charge on any atom is 0.453 e. The summed E-state index contributed by atoms with van der Waals surface area (Å²) in [6.45, 7) is 4.09. The van der Waals surface area contributed by atoms with E-state index in [4.69, 9.17) is 9.47 Å². The Morgan fingerprint density at radius 2 is 1.62 bits per heavy atom. The molecule has 1 unspecified atom stereocenters. The van der Waals surface area contributed by atoms with Crippen molar-refractivity contribution in [1.29, 1.82) is 0 Å². The molecule has 2 saturated heterocycles. The van der Waals surface area contributed by atoms with Gasteiger partial charge in [-0.2, -0.15) is 17.9 Å². The number of alkyl halides is 3. The molecule has 0 radical (unpaired) electrons. The van der Waals surface area contributed by atoms with Crippen molar-refractivity contribution in [3.8, 4) is 11.4 Å². The van der Waals surface area contributed by atoms with Crippen LogP contribution < -0.4 is 4.74 Å². The number of hydrogen-bond acceptors (Lipinski definition) is 9. The van der Waals surface area contributed by atoms with Crippen LogP contribution in [0, 0.1) is 0 Å². The van der Waals surface area contributed by atoms with E-state index >= 15 is 0 Å². The molecule has 3 aromatic carbocycles. The van der Waals surface area contributed by atoms with Crippen molar-refractivity contribution in [3.05, 3.63) is 101 Å². The van der Waals surface area contributed by atoms with Gasteiger partial charge in [-0.1, -0.05) is 60.7 Å². The third-order valence-corrected chi connectivity index (χ3v) is 8.95. The van der Waals surface area contributed by atoms with Gasteiger partial charge in [0.15, 0.2) is 6.61 Å². The van der Waals surface area contributed by atoms with E-state index in [9.17, 15) is 22.8 Å². The third-order valence-electron chi connectivity index (χ3n) is 8.95. The largest absolute Gasteiger partial charge is 0.496 e. The molecule has 14 heteroatoms. The minimum atomic E-state index is -4.74. The summed E-state index contributed by atoms with van der Waals surface area (Å²) in [6.07, 6.45) is -4.74. The molecule has 2 atom stereocenters. The molecule has 2 aliphatic heterocycles. The van der Waals surface area contributed by atoms with Crippen LogP contribution >= 0.6 is 0 Å². The van der Waals surface area contributed by atoms with Crippen LogP contribution in [0.4, 0.5) is 13.2 Å². The molecule has 3 heterocycles. The third kappa shape index (κ3) is 7.19. The molecule has 48 heavy (non-hydrogen) atoms. The number of nitrogens with zero attached hydrogens (tertiary/aromatic N) is 7. The first-order valence-corrected chi connectivity index (χ1v) is 15.6. The van der Waals surface area contributed by atoms with Crippen molar-refractivity contribution in [2.75, 3.05) is 46.4 Å². The Labute approximate surface area is 275 Å². The van der Waals surface area contributed by atoms with Gasteiger partial charge < -0.3 is 14.4 Å². The molecule has 0 saturated carbocycles. The lowest BCUT2D eigenvalue weighted by molar-refractivity contribution is -0.152. The Bertz CT molecular complexity index is 1680. The highest BCUT2D eigenvalue weighted by Crippen LogP contribution is 2.37. The molecule has 6 rings (SSSR count). The standard InChI is InChI=1S/C34H36F3N7O4/c1-23(45)48-22-31(46)42-15-16-43-28(20-42)19-41(21-29(43)32(24-9-5-3-6-10-24)25-11-7-4-8-12-25)18-26-17-27(13-14-30(26)47-2)44-33(34(35,36)37)38-39-40-44/h3-14,17,28-29,32H,15-16,18-22H2,1-2H3/t28-,29?/m1/s1. The van der Waals surface area contributed by atoms with Gasteiger partial charge in [-0.05, 0) is 39.8 Å². The molecule has 0 aliphatic carbocycles.